The van der Waals surface area contributed by atoms with Crippen LogP contribution in [0.3, 0.4) is 0 Å². The van der Waals surface area contributed by atoms with E-state index in [0.29, 0.717) is 22.3 Å². The molecule has 0 spiro atoms. The van der Waals surface area contributed by atoms with Gasteiger partial charge >= 0.3 is 6.03 Å². The summed E-state index contributed by atoms with van der Waals surface area (Å²) in [5.41, 5.74) is 2.69. The number of rotatable bonds is 4. The zero-order valence-corrected chi connectivity index (χ0v) is 14.7. The summed E-state index contributed by atoms with van der Waals surface area (Å²) in [5, 5.41) is 6.95. The van der Waals surface area contributed by atoms with Crippen LogP contribution in [0.2, 0.25) is 10.0 Å². The van der Waals surface area contributed by atoms with Crippen LogP contribution in [0, 0.1) is 0 Å². The molecule has 1 saturated heterocycles. The normalized spacial score (nSPS) is 13.8. The van der Waals surface area contributed by atoms with Crippen molar-refractivity contribution in [3.8, 4) is 0 Å². The summed E-state index contributed by atoms with van der Waals surface area (Å²) in [6, 6.07) is 12.7. The molecule has 2 amide bonds. The number of carbonyl (C=O) groups is 1. The number of nitrogens with zero attached hydrogens (tertiary/aromatic N) is 1. The van der Waals surface area contributed by atoms with E-state index in [9.17, 15) is 4.79 Å². The number of nitrogens with one attached hydrogen (secondary N) is 2. The van der Waals surface area contributed by atoms with Crippen LogP contribution in [-0.2, 0) is 6.54 Å². The highest BCUT2D eigenvalue weighted by Crippen LogP contribution is 2.31. The number of hydrogen-bond acceptors (Lipinski definition) is 2. The van der Waals surface area contributed by atoms with E-state index in [-0.39, 0.29) is 6.03 Å². The van der Waals surface area contributed by atoms with Crippen LogP contribution in [0.25, 0.3) is 0 Å². The molecule has 1 aliphatic rings. The number of halogens is 2. The van der Waals surface area contributed by atoms with E-state index in [1.165, 1.54) is 12.8 Å². The molecule has 24 heavy (non-hydrogen) atoms. The monoisotopic (exact) mass is 363 g/mol. The van der Waals surface area contributed by atoms with Crippen LogP contribution in [0.5, 0.6) is 0 Å². The molecule has 3 rings (SSSR count). The molecule has 0 aliphatic carbocycles. The zero-order chi connectivity index (χ0) is 16.9. The topological polar surface area (TPSA) is 44.4 Å². The summed E-state index contributed by atoms with van der Waals surface area (Å²) in [6.07, 6.45) is 2.40. The van der Waals surface area contributed by atoms with Gasteiger partial charge in [0.05, 0.1) is 10.7 Å². The van der Waals surface area contributed by atoms with Gasteiger partial charge < -0.3 is 15.5 Å². The molecule has 0 radical (unpaired) electrons. The maximum Gasteiger partial charge on any atom is 0.319 e. The van der Waals surface area contributed by atoms with Crippen molar-refractivity contribution in [3.63, 3.8) is 0 Å². The van der Waals surface area contributed by atoms with E-state index in [1.54, 1.807) is 18.2 Å². The van der Waals surface area contributed by atoms with E-state index in [2.05, 4.69) is 15.5 Å². The van der Waals surface area contributed by atoms with E-state index in [0.717, 1.165) is 24.3 Å². The minimum atomic E-state index is -0.269. The Hall–Kier alpha value is -1.91. The van der Waals surface area contributed by atoms with Crippen molar-refractivity contribution < 1.29 is 4.79 Å². The zero-order valence-electron chi connectivity index (χ0n) is 13.2. The molecule has 2 N–H and O–H groups in total. The summed E-state index contributed by atoms with van der Waals surface area (Å²) in [5.74, 6) is 0. The number of hydrogen-bond donors (Lipinski definition) is 2. The predicted octanol–water partition coefficient (Wildman–Crippen LogP) is 4.92. The van der Waals surface area contributed by atoms with Crippen molar-refractivity contribution in [1.29, 1.82) is 0 Å². The second kappa shape index (κ2) is 7.77. The van der Waals surface area contributed by atoms with Gasteiger partial charge in [0.2, 0.25) is 0 Å². The standard InChI is InChI=1S/C18H19Cl2N3O/c19-14-5-3-13(4-6-14)12-21-18(24)22-15-7-8-17(16(20)11-15)23-9-1-2-10-23/h3-8,11H,1-2,9-10,12H2,(H2,21,22,24). The largest absolute Gasteiger partial charge is 0.370 e. The number of benzene rings is 2. The smallest absolute Gasteiger partial charge is 0.319 e. The molecule has 0 bridgehead atoms. The van der Waals surface area contributed by atoms with Gasteiger partial charge in [0.15, 0.2) is 0 Å². The highest BCUT2D eigenvalue weighted by molar-refractivity contribution is 6.33. The Labute approximate surface area is 151 Å². The van der Waals surface area contributed by atoms with E-state index in [1.807, 2.05) is 24.3 Å². The maximum absolute atomic E-state index is 12.0. The van der Waals surface area contributed by atoms with E-state index >= 15 is 0 Å². The maximum atomic E-state index is 12.0. The Morgan fingerprint density at radius 3 is 2.42 bits per heavy atom. The van der Waals surface area contributed by atoms with Gasteiger partial charge in [0.1, 0.15) is 0 Å². The summed E-state index contributed by atoms with van der Waals surface area (Å²) in [4.78, 5) is 14.3. The van der Waals surface area contributed by atoms with E-state index in [4.69, 9.17) is 23.2 Å². The van der Waals surface area contributed by atoms with Gasteiger partial charge in [-0.05, 0) is 48.7 Å². The van der Waals surface area contributed by atoms with Crippen LogP contribution in [-0.4, -0.2) is 19.1 Å². The van der Waals surface area contributed by atoms with Gasteiger partial charge in [-0.15, -0.1) is 0 Å². The Kier molecular flexibility index (Phi) is 5.48. The summed E-state index contributed by atoms with van der Waals surface area (Å²) < 4.78 is 0. The second-order valence-corrected chi connectivity index (χ2v) is 6.64. The van der Waals surface area contributed by atoms with Crippen molar-refractivity contribution in [2.45, 2.75) is 19.4 Å². The fourth-order valence-corrected chi connectivity index (χ4v) is 3.19. The van der Waals surface area contributed by atoms with Gasteiger partial charge in [-0.3, -0.25) is 0 Å². The first kappa shape index (κ1) is 16.9. The summed E-state index contributed by atoms with van der Waals surface area (Å²) in [7, 11) is 0. The third kappa shape index (κ3) is 4.34. The first-order valence-corrected chi connectivity index (χ1v) is 8.71. The number of urea groups is 1. The minimum Gasteiger partial charge on any atom is -0.370 e. The Morgan fingerprint density at radius 2 is 1.75 bits per heavy atom. The fourth-order valence-electron chi connectivity index (χ4n) is 2.76. The molecule has 2 aromatic rings. The van der Waals surface area contributed by atoms with Crippen molar-refractivity contribution in [1.82, 2.24) is 5.32 Å². The first-order valence-electron chi connectivity index (χ1n) is 7.95. The molecule has 1 aliphatic heterocycles. The summed E-state index contributed by atoms with van der Waals surface area (Å²) >= 11 is 12.2. The van der Waals surface area contributed by atoms with Crippen LogP contribution >= 0.6 is 23.2 Å². The Morgan fingerprint density at radius 1 is 1.04 bits per heavy atom. The van der Waals surface area contributed by atoms with Crippen LogP contribution < -0.4 is 15.5 Å². The third-order valence-corrected chi connectivity index (χ3v) is 4.57. The Bertz CT molecular complexity index is 713. The van der Waals surface area contributed by atoms with Crippen LogP contribution in [0.1, 0.15) is 18.4 Å². The lowest BCUT2D eigenvalue weighted by atomic mass is 10.2. The molecule has 6 heteroatoms. The second-order valence-electron chi connectivity index (χ2n) is 5.79. The highest BCUT2D eigenvalue weighted by Gasteiger charge is 2.15. The van der Waals surface area contributed by atoms with Gasteiger partial charge in [-0.1, -0.05) is 35.3 Å². The lowest BCUT2D eigenvalue weighted by molar-refractivity contribution is 0.251. The molecular formula is C18H19Cl2N3O. The number of carbonyl (C=O) groups excluding carboxylic acids is 1. The van der Waals surface area contributed by atoms with E-state index < -0.39 is 0 Å². The molecule has 1 heterocycles. The van der Waals surface area contributed by atoms with Crippen LogP contribution in [0.4, 0.5) is 16.2 Å². The molecule has 1 fully saturated rings. The van der Waals surface area contributed by atoms with Gasteiger partial charge in [-0.25, -0.2) is 4.79 Å². The lowest BCUT2D eigenvalue weighted by Crippen LogP contribution is -2.28. The quantitative estimate of drug-likeness (QED) is 0.809. The molecule has 4 nitrogen and oxygen atoms in total. The molecule has 126 valence electrons. The average Bonchev–Trinajstić information content (AvgIpc) is 3.09. The van der Waals surface area contributed by atoms with Gasteiger partial charge in [-0.2, -0.15) is 0 Å². The SMILES string of the molecule is O=C(NCc1ccc(Cl)cc1)Nc1ccc(N2CCCC2)c(Cl)c1. The fraction of sp³-hybridized carbons (Fsp3) is 0.278. The van der Waals surface area contributed by atoms with Crippen LogP contribution in [0.15, 0.2) is 42.5 Å². The molecule has 0 unspecified atom stereocenters. The van der Waals surface area contributed by atoms with Crippen molar-refractivity contribution in [3.05, 3.63) is 58.1 Å². The summed E-state index contributed by atoms with van der Waals surface area (Å²) in [6.45, 7) is 2.50. The first-order chi connectivity index (χ1) is 11.6. The number of anilines is 2. The van der Waals surface area contributed by atoms with Crippen molar-refractivity contribution in [2.75, 3.05) is 23.3 Å². The molecule has 2 aromatic carbocycles. The van der Waals surface area contributed by atoms with Crippen molar-refractivity contribution in [2.24, 2.45) is 0 Å². The van der Waals surface area contributed by atoms with Gasteiger partial charge in [0, 0.05) is 30.3 Å². The van der Waals surface area contributed by atoms with Crippen molar-refractivity contribution >= 4 is 40.6 Å². The molecule has 0 saturated carbocycles. The average molecular weight is 364 g/mol. The lowest BCUT2D eigenvalue weighted by Gasteiger charge is -2.19. The minimum absolute atomic E-state index is 0.269. The molecule has 0 atom stereocenters. The Balaban J connectivity index is 1.56. The predicted molar refractivity (Wildman–Crippen MR) is 100 cm³/mol. The van der Waals surface area contributed by atoms with Gasteiger partial charge in [0.25, 0.3) is 0 Å². The molecular weight excluding hydrogens is 345 g/mol. The highest BCUT2D eigenvalue weighted by atomic mass is 35.5. The third-order valence-electron chi connectivity index (χ3n) is 4.02. The number of amides is 2. The molecule has 0 aromatic heterocycles.